The quantitative estimate of drug-likeness (QED) is 0.646. The highest BCUT2D eigenvalue weighted by Gasteiger charge is 2.16. The molecule has 0 aliphatic rings. The summed E-state index contributed by atoms with van der Waals surface area (Å²) in [7, 11) is 1.72. The third kappa shape index (κ3) is 5.59. The molecule has 1 aromatic rings. The van der Waals surface area contributed by atoms with Crippen LogP contribution in [0.3, 0.4) is 0 Å². The number of benzene rings is 1. The van der Waals surface area contributed by atoms with Gasteiger partial charge in [0, 0.05) is 24.9 Å². The minimum atomic E-state index is -0.403. The SMILES string of the molecule is CN=C(NCc1ccc(F)c(Cl)c1)NCC(C)(C)SC. The average molecular weight is 318 g/mol. The molecule has 0 aliphatic carbocycles. The fourth-order valence-electron chi connectivity index (χ4n) is 1.42. The molecule has 0 saturated carbocycles. The molecule has 20 heavy (non-hydrogen) atoms. The van der Waals surface area contributed by atoms with Gasteiger partial charge in [0.05, 0.1) is 5.02 Å². The van der Waals surface area contributed by atoms with E-state index < -0.39 is 5.82 Å². The number of aliphatic imine (C=N–C) groups is 1. The van der Waals surface area contributed by atoms with Gasteiger partial charge in [0.25, 0.3) is 0 Å². The second-order valence-corrected chi connectivity index (χ2v) is 6.91. The van der Waals surface area contributed by atoms with E-state index in [1.165, 1.54) is 6.07 Å². The van der Waals surface area contributed by atoms with E-state index in [1.54, 1.807) is 30.9 Å². The van der Waals surface area contributed by atoms with Crippen molar-refractivity contribution in [1.29, 1.82) is 0 Å². The van der Waals surface area contributed by atoms with Gasteiger partial charge in [0.2, 0.25) is 0 Å². The zero-order valence-electron chi connectivity index (χ0n) is 12.3. The minimum absolute atomic E-state index is 0.135. The lowest BCUT2D eigenvalue weighted by atomic mass is 10.2. The summed E-state index contributed by atoms with van der Waals surface area (Å²) >= 11 is 7.54. The average Bonchev–Trinajstić information content (AvgIpc) is 2.42. The predicted octanol–water partition coefficient (Wildman–Crippen LogP) is 3.29. The van der Waals surface area contributed by atoms with E-state index in [0.29, 0.717) is 12.5 Å². The lowest BCUT2D eigenvalue weighted by molar-refractivity contribution is 0.627. The highest BCUT2D eigenvalue weighted by Crippen LogP contribution is 2.19. The molecule has 0 saturated heterocycles. The summed E-state index contributed by atoms with van der Waals surface area (Å²) in [5.41, 5.74) is 0.906. The first-order valence-electron chi connectivity index (χ1n) is 6.31. The zero-order chi connectivity index (χ0) is 15.2. The third-order valence-electron chi connectivity index (χ3n) is 2.90. The largest absolute Gasteiger partial charge is 0.355 e. The van der Waals surface area contributed by atoms with Crippen LogP contribution in [0.15, 0.2) is 23.2 Å². The Morgan fingerprint density at radius 2 is 2.10 bits per heavy atom. The molecule has 0 spiro atoms. The van der Waals surface area contributed by atoms with E-state index in [0.717, 1.165) is 12.1 Å². The fourth-order valence-corrected chi connectivity index (χ4v) is 1.84. The van der Waals surface area contributed by atoms with Crippen molar-refractivity contribution in [1.82, 2.24) is 10.6 Å². The van der Waals surface area contributed by atoms with Gasteiger partial charge >= 0.3 is 0 Å². The van der Waals surface area contributed by atoms with Crippen molar-refractivity contribution in [2.75, 3.05) is 19.8 Å². The van der Waals surface area contributed by atoms with Crippen LogP contribution in [-0.4, -0.2) is 30.6 Å². The van der Waals surface area contributed by atoms with Crippen LogP contribution in [0, 0.1) is 5.82 Å². The molecule has 0 aromatic heterocycles. The fraction of sp³-hybridized carbons (Fsp3) is 0.500. The van der Waals surface area contributed by atoms with Crippen molar-refractivity contribution >= 4 is 29.3 Å². The molecule has 3 nitrogen and oxygen atoms in total. The number of hydrogen-bond acceptors (Lipinski definition) is 2. The molecule has 2 N–H and O–H groups in total. The number of halogens is 2. The van der Waals surface area contributed by atoms with Crippen LogP contribution in [0.5, 0.6) is 0 Å². The number of nitrogens with one attached hydrogen (secondary N) is 2. The first-order chi connectivity index (χ1) is 9.38. The summed E-state index contributed by atoms with van der Waals surface area (Å²) < 4.78 is 13.2. The summed E-state index contributed by atoms with van der Waals surface area (Å²) in [6.07, 6.45) is 2.08. The Labute approximate surface area is 129 Å². The van der Waals surface area contributed by atoms with E-state index in [9.17, 15) is 4.39 Å². The van der Waals surface area contributed by atoms with Crippen LogP contribution in [0.25, 0.3) is 0 Å². The van der Waals surface area contributed by atoms with Crippen LogP contribution in [0.1, 0.15) is 19.4 Å². The normalized spacial score (nSPS) is 12.4. The summed E-state index contributed by atoms with van der Waals surface area (Å²) in [5, 5.41) is 6.58. The summed E-state index contributed by atoms with van der Waals surface area (Å²) in [4.78, 5) is 4.16. The highest BCUT2D eigenvalue weighted by atomic mass is 35.5. The van der Waals surface area contributed by atoms with Gasteiger partial charge < -0.3 is 10.6 Å². The lowest BCUT2D eigenvalue weighted by Crippen LogP contribution is -2.42. The van der Waals surface area contributed by atoms with Gasteiger partial charge in [-0.3, -0.25) is 4.99 Å². The molecule has 1 aromatic carbocycles. The number of nitrogens with zero attached hydrogens (tertiary/aromatic N) is 1. The minimum Gasteiger partial charge on any atom is -0.355 e. The molecule has 0 bridgehead atoms. The van der Waals surface area contributed by atoms with E-state index in [2.05, 4.69) is 35.7 Å². The van der Waals surface area contributed by atoms with E-state index >= 15 is 0 Å². The maximum atomic E-state index is 13.1. The Kier molecular flexibility index (Phi) is 6.62. The van der Waals surface area contributed by atoms with Crippen LogP contribution < -0.4 is 10.6 Å². The van der Waals surface area contributed by atoms with Gasteiger partial charge in [0.15, 0.2) is 5.96 Å². The van der Waals surface area contributed by atoms with E-state index in [-0.39, 0.29) is 9.77 Å². The van der Waals surface area contributed by atoms with Crippen molar-refractivity contribution in [2.45, 2.75) is 25.1 Å². The third-order valence-corrected chi connectivity index (χ3v) is 4.44. The summed E-state index contributed by atoms with van der Waals surface area (Å²) in [6.45, 7) is 5.67. The zero-order valence-corrected chi connectivity index (χ0v) is 13.8. The second-order valence-electron chi connectivity index (χ2n) is 4.99. The van der Waals surface area contributed by atoms with Crippen molar-refractivity contribution in [3.8, 4) is 0 Å². The molecule has 112 valence electrons. The predicted molar refractivity (Wildman–Crippen MR) is 87.2 cm³/mol. The van der Waals surface area contributed by atoms with E-state index in [4.69, 9.17) is 11.6 Å². The Bertz CT molecular complexity index is 477. The first-order valence-corrected chi connectivity index (χ1v) is 7.92. The van der Waals surface area contributed by atoms with Crippen LogP contribution in [0.2, 0.25) is 5.02 Å². The Balaban J connectivity index is 2.51. The summed E-state index contributed by atoms with van der Waals surface area (Å²) in [6, 6.07) is 4.68. The van der Waals surface area contributed by atoms with Crippen LogP contribution in [-0.2, 0) is 6.54 Å². The molecule has 6 heteroatoms. The monoisotopic (exact) mass is 317 g/mol. The van der Waals surface area contributed by atoms with Crippen molar-refractivity contribution < 1.29 is 4.39 Å². The van der Waals surface area contributed by atoms with Crippen LogP contribution in [0.4, 0.5) is 4.39 Å². The Morgan fingerprint density at radius 1 is 1.40 bits per heavy atom. The molecular weight excluding hydrogens is 297 g/mol. The van der Waals surface area contributed by atoms with Gasteiger partial charge in [-0.2, -0.15) is 11.8 Å². The number of guanidine groups is 1. The maximum absolute atomic E-state index is 13.1. The molecule has 0 atom stereocenters. The van der Waals surface area contributed by atoms with Crippen LogP contribution >= 0.6 is 23.4 Å². The van der Waals surface area contributed by atoms with Gasteiger partial charge in [-0.25, -0.2) is 4.39 Å². The van der Waals surface area contributed by atoms with Gasteiger partial charge in [-0.05, 0) is 37.8 Å². The van der Waals surface area contributed by atoms with Gasteiger partial charge in [0.1, 0.15) is 5.82 Å². The second kappa shape index (κ2) is 7.74. The molecule has 0 fully saturated rings. The Morgan fingerprint density at radius 3 is 2.65 bits per heavy atom. The Hall–Kier alpha value is -0.940. The van der Waals surface area contributed by atoms with Crippen molar-refractivity contribution in [3.05, 3.63) is 34.6 Å². The van der Waals surface area contributed by atoms with Gasteiger partial charge in [-0.1, -0.05) is 17.7 Å². The number of hydrogen-bond donors (Lipinski definition) is 2. The molecular formula is C14H21ClFN3S. The molecule has 0 aliphatic heterocycles. The molecule has 0 amide bonds. The molecule has 0 unspecified atom stereocenters. The number of thioether (sulfide) groups is 1. The molecule has 0 radical (unpaired) electrons. The van der Waals surface area contributed by atoms with Gasteiger partial charge in [-0.15, -0.1) is 0 Å². The smallest absolute Gasteiger partial charge is 0.191 e. The standard InChI is InChI=1S/C14H21ClFN3S/c1-14(2,20-4)9-19-13(17-3)18-8-10-5-6-12(16)11(15)7-10/h5-7H,8-9H2,1-4H3,(H2,17,18,19). The molecule has 0 heterocycles. The number of rotatable bonds is 5. The van der Waals surface area contributed by atoms with E-state index in [1.807, 2.05) is 0 Å². The molecule has 1 rings (SSSR count). The highest BCUT2D eigenvalue weighted by molar-refractivity contribution is 7.99. The first kappa shape index (κ1) is 17.1. The topological polar surface area (TPSA) is 36.4 Å². The lowest BCUT2D eigenvalue weighted by Gasteiger charge is -2.23. The summed E-state index contributed by atoms with van der Waals surface area (Å²) in [5.74, 6) is 0.312. The van der Waals surface area contributed by atoms with Crippen molar-refractivity contribution in [3.63, 3.8) is 0 Å². The maximum Gasteiger partial charge on any atom is 0.191 e. The van der Waals surface area contributed by atoms with Crippen molar-refractivity contribution in [2.24, 2.45) is 4.99 Å².